The third-order valence-corrected chi connectivity index (χ3v) is 24.1. The molecule has 0 aliphatic carbocycles. The molecule has 90 heavy (non-hydrogen) atoms. The highest BCUT2D eigenvalue weighted by atomic mass is 14.4. The summed E-state index contributed by atoms with van der Waals surface area (Å²) in [6.07, 6.45) is 38.8. The average Bonchev–Trinajstić information content (AvgIpc) is 0.651. The van der Waals surface area contributed by atoms with Crippen molar-refractivity contribution in [2.24, 2.45) is 0 Å². The molecule has 0 saturated carbocycles. The highest BCUT2D eigenvalue weighted by molar-refractivity contribution is 6.61. The predicted octanol–water partition coefficient (Wildman–Crippen LogP) is 30.6. The summed E-state index contributed by atoms with van der Waals surface area (Å²) in [5.41, 5.74) is 9.30. The number of unbranched alkanes of at least 4 members (excludes halogenated alkanes) is 18. The van der Waals surface area contributed by atoms with E-state index in [0.29, 0.717) is 35.5 Å². The van der Waals surface area contributed by atoms with E-state index in [1.54, 1.807) is 98.0 Å². The molecule has 0 N–H and O–H groups in total. The van der Waals surface area contributed by atoms with Crippen LogP contribution in [0.3, 0.4) is 0 Å². The van der Waals surface area contributed by atoms with Gasteiger partial charge in [0.1, 0.15) is 0 Å². The Balaban J connectivity index is 1.26. The van der Waals surface area contributed by atoms with Crippen LogP contribution in [0.5, 0.6) is 0 Å². The van der Waals surface area contributed by atoms with Crippen molar-refractivity contribution < 1.29 is 0 Å². The fourth-order valence-corrected chi connectivity index (χ4v) is 18.4. The minimum atomic E-state index is 0.470. The standard InChI is InChI=1S/C90H114/c1-13-19-25-31-37-55(7)61-43-67-69-45-62(56(8)38-32-26-20-14-2)47-71-73-49-64(58(10)40-34-28-22-16-4)51-75-77-53-66(60(12)42-36-30-24-18-6)54-78-76-52-65(59(11)41-35-29-23-17-5)50-74-72-48-63(57(9)39-33-27-21-15-3)46-70-68(44-61)79(67)85-86(80(69)71)88(82(73)75)90(84(77)78)89(83(74)76)87(85)81(70)72/h43-60H,13-42H2,1-12H3. The molecule has 13 aromatic carbocycles. The van der Waals surface area contributed by atoms with Crippen LogP contribution in [0.4, 0.5) is 0 Å². The monoisotopic (exact) mass is 1190 g/mol. The topological polar surface area (TPSA) is 0 Å². The molecule has 0 spiro atoms. The van der Waals surface area contributed by atoms with Crippen LogP contribution in [0.1, 0.15) is 345 Å². The van der Waals surface area contributed by atoms with Gasteiger partial charge in [0.15, 0.2) is 0 Å². The zero-order valence-electron chi connectivity index (χ0n) is 58.6. The summed E-state index contributed by atoms with van der Waals surface area (Å²) in [4.78, 5) is 0. The van der Waals surface area contributed by atoms with Crippen molar-refractivity contribution in [3.63, 3.8) is 0 Å². The van der Waals surface area contributed by atoms with Gasteiger partial charge >= 0.3 is 0 Å². The second-order valence-electron chi connectivity index (χ2n) is 30.7. The third-order valence-electron chi connectivity index (χ3n) is 24.1. The fraction of sp³-hybridized carbons (Fsp3) is 0.533. The van der Waals surface area contributed by atoms with Gasteiger partial charge in [0, 0.05) is 0 Å². The molecule has 0 saturated heterocycles. The van der Waals surface area contributed by atoms with Crippen molar-refractivity contribution in [1.82, 2.24) is 0 Å². The maximum Gasteiger partial charge on any atom is -0.0000472 e. The molecule has 6 unspecified atom stereocenters. The SMILES string of the molecule is CCCCCCC(C)c1cc2c3cc(C(C)CCCCCC)cc4c5cc(C(C)CCCCCC)cc6c7cc(C(C)CCCCCC)cc8c9cc(C(C)CCCCCC)cc%10c%11cc(C(C)CCCCCC)cc%12c(c1)c2c1c(c34)c(c56)c(c78)c(c%109)c1c%12%11. The van der Waals surface area contributed by atoms with Gasteiger partial charge < -0.3 is 0 Å². The molecule has 0 aliphatic heterocycles. The van der Waals surface area contributed by atoms with E-state index in [1.165, 1.54) is 257 Å². The molecule has 0 heteroatoms. The highest BCUT2D eigenvalue weighted by Gasteiger charge is 2.34. The molecule has 0 fully saturated rings. The van der Waals surface area contributed by atoms with Crippen LogP contribution >= 0.6 is 0 Å². The molecular weight excluding hydrogens is 1080 g/mol. The van der Waals surface area contributed by atoms with Crippen LogP contribution in [0.15, 0.2) is 72.8 Å². The Morgan fingerprint density at radius 1 is 0.167 bits per heavy atom. The first-order valence-electron chi connectivity index (χ1n) is 38.3. The van der Waals surface area contributed by atoms with Crippen molar-refractivity contribution in [1.29, 1.82) is 0 Å². The predicted molar refractivity (Wildman–Crippen MR) is 407 cm³/mol. The minimum Gasteiger partial charge on any atom is -0.0654 e. The molecule has 0 aromatic heterocycles. The van der Waals surface area contributed by atoms with Gasteiger partial charge in [-0.05, 0) is 237 Å². The number of benzene rings is 13. The molecule has 13 aromatic rings. The number of hydrogen-bond acceptors (Lipinski definition) is 0. The highest BCUT2D eigenvalue weighted by Crippen LogP contribution is 2.62. The van der Waals surface area contributed by atoms with Crippen LogP contribution < -0.4 is 0 Å². The summed E-state index contributed by atoms with van der Waals surface area (Å²) in [6, 6.07) is 33.4. The van der Waals surface area contributed by atoms with E-state index in [9.17, 15) is 0 Å². The second kappa shape index (κ2) is 27.2. The van der Waals surface area contributed by atoms with Crippen LogP contribution in [0.2, 0.25) is 0 Å². The van der Waals surface area contributed by atoms with Crippen molar-refractivity contribution in [2.75, 3.05) is 0 Å². The third kappa shape index (κ3) is 11.1. The number of hydrogen-bond donors (Lipinski definition) is 0. The van der Waals surface area contributed by atoms with Gasteiger partial charge in [-0.2, -0.15) is 0 Å². The summed E-state index contributed by atoms with van der Waals surface area (Å²) in [7, 11) is 0. The van der Waals surface area contributed by atoms with Crippen molar-refractivity contribution in [3.8, 4) is 0 Å². The second-order valence-corrected chi connectivity index (χ2v) is 30.7. The number of fused-ring (bicyclic) bond motifs is 6. The summed E-state index contributed by atoms with van der Waals surface area (Å²) in [5, 5.41) is 37.0. The Morgan fingerprint density at radius 3 is 0.400 bits per heavy atom. The van der Waals surface area contributed by atoms with Crippen LogP contribution in [0, 0.1) is 0 Å². The van der Waals surface area contributed by atoms with E-state index >= 15 is 0 Å². The van der Waals surface area contributed by atoms with E-state index in [0.717, 1.165) is 0 Å². The van der Waals surface area contributed by atoms with Gasteiger partial charge in [-0.3, -0.25) is 0 Å². The lowest BCUT2D eigenvalue weighted by molar-refractivity contribution is 0.580. The lowest BCUT2D eigenvalue weighted by atomic mass is 9.71. The van der Waals surface area contributed by atoms with Crippen molar-refractivity contribution in [3.05, 3.63) is 106 Å². The number of rotatable bonds is 36. The van der Waals surface area contributed by atoms with Crippen LogP contribution in [-0.4, -0.2) is 0 Å². The Bertz CT molecular complexity index is 3560. The molecule has 0 amide bonds. The van der Waals surface area contributed by atoms with Crippen molar-refractivity contribution >= 4 is 129 Å². The Kier molecular flexibility index (Phi) is 19.2. The van der Waals surface area contributed by atoms with E-state index in [1.807, 2.05) is 0 Å². The average molecular weight is 1200 g/mol. The lowest BCUT2D eigenvalue weighted by Gasteiger charge is -2.31. The molecule has 0 aliphatic rings. The summed E-state index contributed by atoms with van der Waals surface area (Å²) < 4.78 is 0. The molecule has 0 radical (unpaired) electrons. The first-order chi connectivity index (χ1) is 44.0. The fourth-order valence-electron chi connectivity index (χ4n) is 18.4. The first-order valence-corrected chi connectivity index (χ1v) is 38.3. The maximum atomic E-state index is 2.78. The molecule has 0 nitrogen and oxygen atoms in total. The van der Waals surface area contributed by atoms with E-state index in [4.69, 9.17) is 0 Å². The van der Waals surface area contributed by atoms with Gasteiger partial charge in [0.2, 0.25) is 0 Å². The maximum absolute atomic E-state index is 2.78. The zero-order chi connectivity index (χ0) is 62.5. The quantitative estimate of drug-likeness (QED) is 0.0209. The zero-order valence-corrected chi connectivity index (χ0v) is 58.6. The van der Waals surface area contributed by atoms with Gasteiger partial charge in [-0.1, -0.05) is 310 Å². The Labute approximate surface area is 543 Å². The largest absolute Gasteiger partial charge is 0.0654 e. The van der Waals surface area contributed by atoms with E-state index < -0.39 is 0 Å². The van der Waals surface area contributed by atoms with E-state index in [2.05, 4.69) is 156 Å². The van der Waals surface area contributed by atoms with Gasteiger partial charge in [-0.25, -0.2) is 0 Å². The summed E-state index contributed by atoms with van der Waals surface area (Å²) in [5.74, 6) is 2.82. The van der Waals surface area contributed by atoms with Crippen LogP contribution in [0.25, 0.3) is 129 Å². The lowest BCUT2D eigenvalue weighted by Crippen LogP contribution is -2.05. The van der Waals surface area contributed by atoms with Crippen molar-refractivity contribution in [2.45, 2.75) is 311 Å². The smallest absolute Gasteiger partial charge is 0.0000472 e. The normalized spacial score (nSPS) is 15.1. The molecule has 0 heterocycles. The Morgan fingerprint density at radius 2 is 0.289 bits per heavy atom. The molecule has 6 atom stereocenters. The summed E-state index contributed by atoms with van der Waals surface area (Å²) in [6.45, 7) is 29.7. The van der Waals surface area contributed by atoms with Gasteiger partial charge in [0.05, 0.1) is 0 Å². The van der Waals surface area contributed by atoms with Gasteiger partial charge in [0.25, 0.3) is 0 Å². The summed E-state index contributed by atoms with van der Waals surface area (Å²) >= 11 is 0. The molecule has 0 bridgehead atoms. The van der Waals surface area contributed by atoms with Crippen LogP contribution in [-0.2, 0) is 0 Å². The minimum absolute atomic E-state index is 0.470. The molecule has 13 rings (SSSR count). The van der Waals surface area contributed by atoms with E-state index in [-0.39, 0.29) is 0 Å². The first kappa shape index (κ1) is 63.3. The Hall–Kier alpha value is -5.46. The molecular formula is C90H114. The van der Waals surface area contributed by atoms with Gasteiger partial charge in [-0.15, -0.1) is 0 Å². The molecule has 474 valence electrons.